The van der Waals surface area contributed by atoms with Crippen LogP contribution in [0, 0.1) is 0 Å². The zero-order chi connectivity index (χ0) is 6.69. The van der Waals surface area contributed by atoms with Crippen molar-refractivity contribution in [1.82, 2.24) is 5.32 Å². The van der Waals surface area contributed by atoms with Gasteiger partial charge in [0.25, 0.3) is 0 Å². The lowest BCUT2D eigenvalue weighted by Gasteiger charge is -2.16. The third-order valence-corrected chi connectivity index (χ3v) is 1.44. The second kappa shape index (κ2) is 2.53. The Morgan fingerprint density at radius 1 is 1.89 bits per heavy atom. The van der Waals surface area contributed by atoms with Crippen molar-refractivity contribution in [1.29, 1.82) is 0 Å². The first-order valence-electron chi connectivity index (χ1n) is 3.06. The first-order chi connectivity index (χ1) is 4.34. The summed E-state index contributed by atoms with van der Waals surface area (Å²) in [7, 11) is 0. The standard InChI is InChI=1S/C8H11N/c1-3-4-7(2)8-5-9-6-8/h3-5,9H,1,6H2,2H3/b7-4+. The van der Waals surface area contributed by atoms with Gasteiger partial charge in [-0.1, -0.05) is 18.7 Å². The Morgan fingerprint density at radius 3 is 2.89 bits per heavy atom. The lowest BCUT2D eigenvalue weighted by Crippen LogP contribution is -2.22. The summed E-state index contributed by atoms with van der Waals surface area (Å²) in [5.41, 5.74) is 2.69. The fraction of sp³-hybridized carbons (Fsp3) is 0.250. The van der Waals surface area contributed by atoms with Gasteiger partial charge >= 0.3 is 0 Å². The van der Waals surface area contributed by atoms with E-state index in [0.29, 0.717) is 0 Å². The zero-order valence-electron chi connectivity index (χ0n) is 5.65. The molecule has 0 saturated heterocycles. The molecule has 9 heavy (non-hydrogen) atoms. The highest BCUT2D eigenvalue weighted by Gasteiger charge is 2.04. The molecule has 0 saturated carbocycles. The Balaban J connectivity index is 2.60. The maximum Gasteiger partial charge on any atom is 0.0412 e. The van der Waals surface area contributed by atoms with Gasteiger partial charge in [-0.15, -0.1) is 0 Å². The van der Waals surface area contributed by atoms with Crippen LogP contribution in [0.15, 0.2) is 36.1 Å². The van der Waals surface area contributed by atoms with Gasteiger partial charge in [0.2, 0.25) is 0 Å². The number of hydrogen-bond donors (Lipinski definition) is 1. The minimum atomic E-state index is 1.01. The second-order valence-electron chi connectivity index (χ2n) is 2.14. The highest BCUT2D eigenvalue weighted by atomic mass is 14.9. The van der Waals surface area contributed by atoms with Crippen molar-refractivity contribution >= 4 is 0 Å². The monoisotopic (exact) mass is 121 g/mol. The maximum atomic E-state index is 3.62. The van der Waals surface area contributed by atoms with E-state index < -0.39 is 0 Å². The Bertz CT molecular complexity index is 175. The van der Waals surface area contributed by atoms with Crippen molar-refractivity contribution in [3.05, 3.63) is 36.1 Å². The van der Waals surface area contributed by atoms with Gasteiger partial charge in [0.15, 0.2) is 0 Å². The number of hydrogen-bond acceptors (Lipinski definition) is 1. The summed E-state index contributed by atoms with van der Waals surface area (Å²) in [5.74, 6) is 0. The Hall–Kier alpha value is -0.980. The molecular formula is C8H11N. The van der Waals surface area contributed by atoms with Crippen molar-refractivity contribution < 1.29 is 0 Å². The molecule has 0 bridgehead atoms. The number of allylic oxidation sites excluding steroid dienone is 2. The van der Waals surface area contributed by atoms with Gasteiger partial charge in [0, 0.05) is 12.7 Å². The Kier molecular flexibility index (Phi) is 1.73. The topological polar surface area (TPSA) is 12.0 Å². The van der Waals surface area contributed by atoms with Gasteiger partial charge in [0.1, 0.15) is 0 Å². The lowest BCUT2D eigenvalue weighted by atomic mass is 10.1. The molecule has 0 amide bonds. The summed E-state index contributed by atoms with van der Waals surface area (Å²) in [5, 5.41) is 3.06. The third kappa shape index (κ3) is 1.22. The van der Waals surface area contributed by atoms with Crippen molar-refractivity contribution in [2.24, 2.45) is 0 Å². The van der Waals surface area contributed by atoms with Crippen LogP contribution in [0.4, 0.5) is 0 Å². The molecule has 1 aliphatic rings. The van der Waals surface area contributed by atoms with Gasteiger partial charge in [-0.05, 0) is 18.1 Å². The predicted molar refractivity (Wildman–Crippen MR) is 40.0 cm³/mol. The van der Waals surface area contributed by atoms with E-state index >= 15 is 0 Å². The highest BCUT2D eigenvalue weighted by molar-refractivity contribution is 5.36. The molecule has 0 atom stereocenters. The molecule has 0 aliphatic carbocycles. The molecule has 0 radical (unpaired) electrons. The van der Waals surface area contributed by atoms with E-state index in [-0.39, 0.29) is 0 Å². The SMILES string of the molecule is C=C/C=C(\C)C1=CNC1. The van der Waals surface area contributed by atoms with Gasteiger partial charge < -0.3 is 5.32 Å². The van der Waals surface area contributed by atoms with Crippen molar-refractivity contribution in [2.75, 3.05) is 6.54 Å². The van der Waals surface area contributed by atoms with Crippen LogP contribution in [-0.2, 0) is 0 Å². The zero-order valence-corrected chi connectivity index (χ0v) is 5.65. The summed E-state index contributed by atoms with van der Waals surface area (Å²) in [6, 6.07) is 0. The molecule has 1 aliphatic heterocycles. The van der Waals surface area contributed by atoms with Crippen molar-refractivity contribution in [2.45, 2.75) is 6.92 Å². The average molecular weight is 121 g/mol. The quantitative estimate of drug-likeness (QED) is 0.547. The molecule has 0 spiro atoms. The summed E-state index contributed by atoms with van der Waals surface area (Å²) in [6.45, 7) is 6.72. The van der Waals surface area contributed by atoms with Crippen molar-refractivity contribution in [3.63, 3.8) is 0 Å². The molecule has 0 aromatic rings. The molecular weight excluding hydrogens is 110 g/mol. The Morgan fingerprint density at radius 2 is 2.56 bits per heavy atom. The van der Waals surface area contributed by atoms with Gasteiger partial charge in [-0.3, -0.25) is 0 Å². The summed E-state index contributed by atoms with van der Waals surface area (Å²) in [6.07, 6.45) is 5.86. The third-order valence-electron chi connectivity index (χ3n) is 1.44. The molecule has 1 rings (SSSR count). The normalized spacial score (nSPS) is 17.4. The van der Waals surface area contributed by atoms with Crippen LogP contribution in [0.2, 0.25) is 0 Å². The minimum Gasteiger partial charge on any atom is -0.386 e. The second-order valence-corrected chi connectivity index (χ2v) is 2.14. The molecule has 48 valence electrons. The average Bonchev–Trinajstić information content (AvgIpc) is 1.60. The van der Waals surface area contributed by atoms with Crippen molar-refractivity contribution in [3.8, 4) is 0 Å². The predicted octanol–water partition coefficient (Wildman–Crippen LogP) is 1.61. The maximum absolute atomic E-state index is 3.62. The van der Waals surface area contributed by atoms with Crippen LogP contribution in [0.5, 0.6) is 0 Å². The Labute approximate surface area is 55.8 Å². The van der Waals surface area contributed by atoms with Crippen LogP contribution in [0.3, 0.4) is 0 Å². The molecule has 0 unspecified atom stereocenters. The first kappa shape index (κ1) is 6.14. The summed E-state index contributed by atoms with van der Waals surface area (Å²) in [4.78, 5) is 0. The molecule has 1 N–H and O–H groups in total. The molecule has 0 aromatic heterocycles. The largest absolute Gasteiger partial charge is 0.386 e. The van der Waals surface area contributed by atoms with Crippen LogP contribution in [0.1, 0.15) is 6.92 Å². The van der Waals surface area contributed by atoms with E-state index in [1.807, 2.05) is 18.4 Å². The molecule has 1 heteroatoms. The van der Waals surface area contributed by atoms with Crippen LogP contribution < -0.4 is 5.32 Å². The highest BCUT2D eigenvalue weighted by Crippen LogP contribution is 2.11. The summed E-state index contributed by atoms with van der Waals surface area (Å²) >= 11 is 0. The molecule has 1 nitrogen and oxygen atoms in total. The smallest absolute Gasteiger partial charge is 0.0412 e. The van der Waals surface area contributed by atoms with Crippen LogP contribution in [-0.4, -0.2) is 6.54 Å². The van der Waals surface area contributed by atoms with E-state index in [9.17, 15) is 0 Å². The fourth-order valence-electron chi connectivity index (χ4n) is 0.741. The first-order valence-corrected chi connectivity index (χ1v) is 3.06. The number of nitrogens with one attached hydrogen (secondary N) is 1. The molecule has 1 heterocycles. The van der Waals surface area contributed by atoms with Gasteiger partial charge in [-0.2, -0.15) is 0 Å². The molecule has 0 aromatic carbocycles. The molecule has 0 fully saturated rings. The fourth-order valence-corrected chi connectivity index (χ4v) is 0.741. The van der Waals surface area contributed by atoms with E-state index in [4.69, 9.17) is 0 Å². The van der Waals surface area contributed by atoms with Gasteiger partial charge in [-0.25, -0.2) is 0 Å². The van der Waals surface area contributed by atoms with E-state index in [1.54, 1.807) is 0 Å². The van der Waals surface area contributed by atoms with Crippen LogP contribution >= 0.6 is 0 Å². The minimum absolute atomic E-state index is 1.01. The lowest BCUT2D eigenvalue weighted by molar-refractivity contribution is 0.841. The van der Waals surface area contributed by atoms with E-state index in [2.05, 4.69) is 18.8 Å². The van der Waals surface area contributed by atoms with Gasteiger partial charge in [0.05, 0.1) is 0 Å². The van der Waals surface area contributed by atoms with E-state index in [1.165, 1.54) is 11.1 Å². The van der Waals surface area contributed by atoms with Crippen LogP contribution in [0.25, 0.3) is 0 Å². The summed E-state index contributed by atoms with van der Waals surface area (Å²) < 4.78 is 0. The number of rotatable bonds is 2. The van der Waals surface area contributed by atoms with E-state index in [0.717, 1.165) is 6.54 Å².